The monoisotopic (exact) mass is 751 g/mol. The van der Waals surface area contributed by atoms with E-state index in [0.29, 0.717) is 17.8 Å². The number of Topliss-reactive ketones (excluding diaryl/α,β-unsaturated/α-hetero) is 1. The first-order chi connectivity index (χ1) is 25.4. The third-order valence-corrected chi connectivity index (χ3v) is 9.38. The van der Waals surface area contributed by atoms with Crippen molar-refractivity contribution in [2.24, 2.45) is 17.1 Å². The van der Waals surface area contributed by atoms with Crippen molar-refractivity contribution >= 4 is 35.4 Å². The number of carboxylic acids is 1. The SMILES string of the molecule is CC1CC(=O)N(CC(=O)CC[C@@H](NC(=O)[C@@H](N)CCN(C(=O)CO)[C@@H](c2cc(-c3cc(F)ccc3F)cn2Cc2ccccc2)C(C)(C)C)C(=O)O)C1=O. The number of likely N-dealkylation sites (tertiary alicyclic amines) is 1. The van der Waals surface area contributed by atoms with E-state index in [1.807, 2.05) is 55.7 Å². The van der Waals surface area contributed by atoms with E-state index in [2.05, 4.69) is 5.32 Å². The second-order valence-corrected chi connectivity index (χ2v) is 14.7. The molecule has 1 aliphatic heterocycles. The van der Waals surface area contributed by atoms with E-state index in [1.165, 1.54) is 4.90 Å². The van der Waals surface area contributed by atoms with Crippen LogP contribution in [0.5, 0.6) is 0 Å². The molecule has 54 heavy (non-hydrogen) atoms. The fourth-order valence-corrected chi connectivity index (χ4v) is 6.62. The fraction of sp³-hybridized carbons (Fsp3) is 0.436. The van der Waals surface area contributed by atoms with Crippen LogP contribution in [0, 0.1) is 23.0 Å². The fourth-order valence-electron chi connectivity index (χ4n) is 6.62. The molecule has 1 aliphatic rings. The number of imide groups is 1. The third-order valence-electron chi connectivity index (χ3n) is 9.38. The van der Waals surface area contributed by atoms with Gasteiger partial charge in [-0.15, -0.1) is 0 Å². The normalized spacial score (nSPS) is 16.2. The van der Waals surface area contributed by atoms with E-state index in [0.717, 1.165) is 28.7 Å². The van der Waals surface area contributed by atoms with Gasteiger partial charge in [0.25, 0.3) is 0 Å². The first-order valence-corrected chi connectivity index (χ1v) is 17.7. The van der Waals surface area contributed by atoms with Gasteiger partial charge in [0.15, 0.2) is 5.78 Å². The van der Waals surface area contributed by atoms with E-state index in [9.17, 15) is 43.4 Å². The highest BCUT2D eigenvalue weighted by molar-refractivity contribution is 6.06. The summed E-state index contributed by atoms with van der Waals surface area (Å²) in [4.78, 5) is 77.6. The summed E-state index contributed by atoms with van der Waals surface area (Å²) in [6.45, 7) is 5.91. The predicted octanol–water partition coefficient (Wildman–Crippen LogP) is 3.42. The Labute approximate surface area is 312 Å². The molecule has 2 heterocycles. The zero-order chi connectivity index (χ0) is 39.9. The Morgan fingerprint density at radius 3 is 2.31 bits per heavy atom. The molecular weight excluding hydrogens is 704 g/mol. The van der Waals surface area contributed by atoms with E-state index in [-0.39, 0.29) is 37.8 Å². The number of carbonyl (C=O) groups is 6. The lowest BCUT2D eigenvalue weighted by molar-refractivity contribution is -0.144. The van der Waals surface area contributed by atoms with Crippen LogP contribution in [0.1, 0.15) is 70.7 Å². The summed E-state index contributed by atoms with van der Waals surface area (Å²) in [5, 5.41) is 22.2. The first-order valence-electron chi connectivity index (χ1n) is 17.7. The Balaban J connectivity index is 1.55. The molecule has 2 aromatic carbocycles. The molecule has 5 N–H and O–H groups in total. The molecule has 0 spiro atoms. The van der Waals surface area contributed by atoms with Crippen molar-refractivity contribution in [2.75, 3.05) is 19.7 Å². The molecule has 15 heteroatoms. The molecule has 1 aromatic heterocycles. The predicted molar refractivity (Wildman–Crippen MR) is 193 cm³/mol. The number of amides is 4. The number of aliphatic hydroxyl groups is 1. The number of aliphatic carboxylic acids is 1. The van der Waals surface area contributed by atoms with Crippen LogP contribution >= 0.6 is 0 Å². The lowest BCUT2D eigenvalue weighted by atomic mass is 9.82. The smallest absolute Gasteiger partial charge is 0.326 e. The summed E-state index contributed by atoms with van der Waals surface area (Å²) in [6.07, 6.45) is 0.821. The van der Waals surface area contributed by atoms with Crippen molar-refractivity contribution in [1.82, 2.24) is 19.7 Å². The summed E-state index contributed by atoms with van der Waals surface area (Å²) in [5.74, 6) is -6.33. The summed E-state index contributed by atoms with van der Waals surface area (Å²) in [6, 6.07) is 10.5. The number of halogens is 2. The lowest BCUT2D eigenvalue weighted by Gasteiger charge is -2.41. The molecule has 4 amide bonds. The summed E-state index contributed by atoms with van der Waals surface area (Å²) >= 11 is 0. The molecule has 0 saturated carbocycles. The van der Waals surface area contributed by atoms with Gasteiger partial charge in [-0.3, -0.25) is 28.9 Å². The Bertz CT molecular complexity index is 1880. The van der Waals surface area contributed by atoms with Crippen molar-refractivity contribution in [3.8, 4) is 11.1 Å². The highest BCUT2D eigenvalue weighted by Crippen LogP contribution is 2.41. The molecule has 0 bridgehead atoms. The molecule has 1 saturated heterocycles. The van der Waals surface area contributed by atoms with Crippen molar-refractivity contribution in [3.05, 3.63) is 83.7 Å². The summed E-state index contributed by atoms with van der Waals surface area (Å²) in [5.41, 5.74) is 7.27. The molecule has 4 atom stereocenters. The van der Waals surface area contributed by atoms with Crippen LogP contribution in [0.25, 0.3) is 11.1 Å². The number of carboxylic acid groups (broad SMARTS) is 1. The number of carbonyl (C=O) groups excluding carboxylic acids is 5. The maximum absolute atomic E-state index is 15.0. The topological polar surface area (TPSA) is 192 Å². The zero-order valence-corrected chi connectivity index (χ0v) is 30.8. The number of nitrogens with two attached hydrogens (primary N) is 1. The van der Waals surface area contributed by atoms with Crippen molar-refractivity contribution in [1.29, 1.82) is 0 Å². The number of aromatic nitrogens is 1. The van der Waals surface area contributed by atoms with Crippen LogP contribution in [0.4, 0.5) is 8.78 Å². The molecule has 3 aromatic rings. The molecular formula is C39H47F2N5O8. The van der Waals surface area contributed by atoms with Gasteiger partial charge >= 0.3 is 5.97 Å². The van der Waals surface area contributed by atoms with Crippen LogP contribution < -0.4 is 11.1 Å². The molecule has 4 rings (SSSR count). The van der Waals surface area contributed by atoms with Crippen LogP contribution in [0.3, 0.4) is 0 Å². The van der Waals surface area contributed by atoms with Gasteiger partial charge in [-0.05, 0) is 48.1 Å². The third kappa shape index (κ3) is 10.2. The summed E-state index contributed by atoms with van der Waals surface area (Å²) < 4.78 is 31.2. The van der Waals surface area contributed by atoms with Gasteiger partial charge in [0.1, 0.15) is 24.3 Å². The Hall–Kier alpha value is -5.28. The molecule has 13 nitrogen and oxygen atoms in total. The number of nitrogens with one attached hydrogen (secondary N) is 1. The van der Waals surface area contributed by atoms with Gasteiger partial charge in [-0.25, -0.2) is 13.6 Å². The Morgan fingerprint density at radius 1 is 1.04 bits per heavy atom. The maximum atomic E-state index is 15.0. The van der Waals surface area contributed by atoms with E-state index >= 15 is 4.39 Å². The first kappa shape index (κ1) is 41.5. The van der Waals surface area contributed by atoms with Crippen LogP contribution in [0.2, 0.25) is 0 Å². The average molecular weight is 752 g/mol. The molecule has 1 unspecified atom stereocenters. The lowest BCUT2D eigenvalue weighted by Crippen LogP contribution is -2.51. The average Bonchev–Trinajstić information content (AvgIpc) is 3.62. The van der Waals surface area contributed by atoms with Gasteiger partial charge < -0.3 is 30.7 Å². The molecule has 1 fully saturated rings. The van der Waals surface area contributed by atoms with Crippen molar-refractivity contribution in [3.63, 3.8) is 0 Å². The van der Waals surface area contributed by atoms with Gasteiger partial charge in [0, 0.05) is 54.9 Å². The number of aliphatic hydroxyl groups excluding tert-OH is 1. The second kappa shape index (κ2) is 17.7. The highest BCUT2D eigenvalue weighted by atomic mass is 19.1. The zero-order valence-electron chi connectivity index (χ0n) is 30.8. The van der Waals surface area contributed by atoms with Crippen LogP contribution in [0.15, 0.2) is 60.8 Å². The van der Waals surface area contributed by atoms with Gasteiger partial charge in [0.05, 0.1) is 18.6 Å². The van der Waals surface area contributed by atoms with Gasteiger partial charge in [0.2, 0.25) is 23.6 Å². The minimum absolute atomic E-state index is 0.00793. The van der Waals surface area contributed by atoms with Crippen molar-refractivity contribution in [2.45, 2.75) is 78.0 Å². The van der Waals surface area contributed by atoms with Gasteiger partial charge in [-0.2, -0.15) is 0 Å². The minimum Gasteiger partial charge on any atom is -0.480 e. The number of nitrogens with zero attached hydrogens (tertiary/aromatic N) is 3. The standard InChI is InChI=1S/C39H47F2N5O8/c1-23-16-33(49)46(37(23)52)21-27(48)11-13-31(38(53)54)43-36(51)30(42)14-15-45(34(50)22-47)35(39(2,3)4)32-17-25(28-18-26(40)10-12-29(28)41)20-44(32)19-24-8-6-5-7-9-24/h5-10,12,17-18,20,23,30-31,35,47H,11,13-16,19,21-22,42H2,1-4H3,(H,43,51)(H,53,54)/t23?,30-,31+,35-/m0/s1. The molecule has 290 valence electrons. The number of ketones is 1. The number of benzene rings is 2. The largest absolute Gasteiger partial charge is 0.480 e. The number of hydrogen-bond acceptors (Lipinski definition) is 8. The van der Waals surface area contributed by atoms with E-state index in [1.54, 1.807) is 19.2 Å². The van der Waals surface area contributed by atoms with E-state index in [4.69, 9.17) is 5.73 Å². The van der Waals surface area contributed by atoms with Gasteiger partial charge in [-0.1, -0.05) is 58.0 Å². The van der Waals surface area contributed by atoms with Crippen LogP contribution in [-0.2, 0) is 35.3 Å². The Kier molecular flexibility index (Phi) is 13.6. The number of hydrogen-bond donors (Lipinski definition) is 4. The second-order valence-electron chi connectivity index (χ2n) is 14.7. The van der Waals surface area contributed by atoms with E-state index < -0.39 is 89.6 Å². The highest BCUT2D eigenvalue weighted by Gasteiger charge is 2.39. The quantitative estimate of drug-likeness (QED) is 0.150. The Morgan fingerprint density at radius 2 is 1.72 bits per heavy atom. The maximum Gasteiger partial charge on any atom is 0.326 e. The van der Waals surface area contributed by atoms with Crippen molar-refractivity contribution < 1.29 is 47.8 Å². The minimum atomic E-state index is -1.52. The van der Waals surface area contributed by atoms with Crippen LogP contribution in [-0.4, -0.2) is 91.7 Å². The summed E-state index contributed by atoms with van der Waals surface area (Å²) in [7, 11) is 0. The number of rotatable bonds is 17. The molecule has 0 radical (unpaired) electrons. The molecule has 0 aliphatic carbocycles.